The molecule has 0 radical (unpaired) electrons. The Hall–Kier alpha value is -0.770. The molecule has 1 aromatic heterocycles. The van der Waals surface area contributed by atoms with E-state index in [2.05, 4.69) is 20.3 Å². The van der Waals surface area contributed by atoms with Crippen molar-refractivity contribution in [1.82, 2.24) is 0 Å². The molecule has 9 heavy (non-hydrogen) atoms. The van der Waals surface area contributed by atoms with Gasteiger partial charge in [-0.1, -0.05) is 0 Å². The molecule has 0 aliphatic carbocycles. The van der Waals surface area contributed by atoms with Crippen LogP contribution in [0.1, 0.15) is 10.6 Å². The lowest BCUT2D eigenvalue weighted by Crippen LogP contribution is -2.21. The van der Waals surface area contributed by atoms with E-state index in [4.69, 9.17) is 0 Å². The topological polar surface area (TPSA) is 53.3 Å². The van der Waals surface area contributed by atoms with E-state index in [1.54, 1.807) is 0 Å². The standard InChI is InChI=1S/C5H3BrO3/c6-3-1-4(5(7)8)9-2-3/h1-2H,(H,7,8)/p-1. The second kappa shape index (κ2) is 2.23. The summed E-state index contributed by atoms with van der Waals surface area (Å²) in [6, 6.07) is 1.33. The smallest absolute Gasteiger partial charge is 0.150 e. The number of carboxylic acid groups (broad SMARTS) is 1. The highest BCUT2D eigenvalue weighted by molar-refractivity contribution is 9.10. The molecule has 4 heteroatoms. The molecule has 1 heterocycles. The van der Waals surface area contributed by atoms with Crippen LogP contribution in [-0.2, 0) is 0 Å². The number of aromatic carboxylic acids is 1. The predicted molar refractivity (Wildman–Crippen MR) is 30.7 cm³/mol. The van der Waals surface area contributed by atoms with E-state index in [1.165, 1.54) is 12.3 Å². The molecular formula is C5H2BrO3-. The van der Waals surface area contributed by atoms with Crippen LogP contribution in [0.4, 0.5) is 0 Å². The van der Waals surface area contributed by atoms with E-state index in [0.717, 1.165) is 0 Å². The van der Waals surface area contributed by atoms with Crippen molar-refractivity contribution in [3.63, 3.8) is 0 Å². The fourth-order valence-electron chi connectivity index (χ4n) is 0.420. The summed E-state index contributed by atoms with van der Waals surface area (Å²) in [5, 5.41) is 9.99. The summed E-state index contributed by atoms with van der Waals surface area (Å²) >= 11 is 3.02. The maximum atomic E-state index is 9.99. The number of hydrogen-bond acceptors (Lipinski definition) is 3. The molecule has 1 aromatic rings. The third-order valence-corrected chi connectivity index (χ3v) is 1.18. The second-order valence-corrected chi connectivity index (χ2v) is 2.33. The first kappa shape index (κ1) is 6.35. The summed E-state index contributed by atoms with van der Waals surface area (Å²) in [6.07, 6.45) is 1.28. The van der Waals surface area contributed by atoms with Gasteiger partial charge in [-0.15, -0.1) is 0 Å². The maximum Gasteiger partial charge on any atom is 0.150 e. The van der Waals surface area contributed by atoms with Gasteiger partial charge in [0.1, 0.15) is 18.0 Å². The molecule has 3 nitrogen and oxygen atoms in total. The molecule has 0 amide bonds. The summed E-state index contributed by atoms with van der Waals surface area (Å²) in [6.45, 7) is 0. The minimum Gasteiger partial charge on any atom is -0.542 e. The van der Waals surface area contributed by atoms with Crippen LogP contribution < -0.4 is 5.11 Å². The Kier molecular flexibility index (Phi) is 1.57. The maximum absolute atomic E-state index is 9.99. The first-order valence-electron chi connectivity index (χ1n) is 2.15. The Morgan fingerprint density at radius 2 is 2.44 bits per heavy atom. The largest absolute Gasteiger partial charge is 0.542 e. The van der Waals surface area contributed by atoms with Crippen molar-refractivity contribution < 1.29 is 14.3 Å². The number of halogens is 1. The zero-order valence-electron chi connectivity index (χ0n) is 4.26. The molecule has 0 unspecified atom stereocenters. The van der Waals surface area contributed by atoms with Crippen molar-refractivity contribution in [2.45, 2.75) is 0 Å². The molecule has 0 N–H and O–H groups in total. The van der Waals surface area contributed by atoms with Crippen molar-refractivity contribution in [2.24, 2.45) is 0 Å². The zero-order chi connectivity index (χ0) is 6.85. The highest BCUT2D eigenvalue weighted by Crippen LogP contribution is 2.12. The predicted octanol–water partition coefficient (Wildman–Crippen LogP) is 0.406. The molecule has 0 saturated carbocycles. The van der Waals surface area contributed by atoms with Crippen molar-refractivity contribution in [1.29, 1.82) is 0 Å². The quantitative estimate of drug-likeness (QED) is 0.644. The number of rotatable bonds is 1. The molecule has 1 rings (SSSR count). The Balaban J connectivity index is 2.98. The van der Waals surface area contributed by atoms with Crippen LogP contribution in [0.5, 0.6) is 0 Å². The summed E-state index contributed by atoms with van der Waals surface area (Å²) in [5.74, 6) is -1.47. The highest BCUT2D eigenvalue weighted by atomic mass is 79.9. The van der Waals surface area contributed by atoms with E-state index in [9.17, 15) is 9.90 Å². The van der Waals surface area contributed by atoms with Crippen molar-refractivity contribution in [3.8, 4) is 0 Å². The van der Waals surface area contributed by atoms with Gasteiger partial charge in [-0.2, -0.15) is 0 Å². The third-order valence-electron chi connectivity index (χ3n) is 0.769. The van der Waals surface area contributed by atoms with Gasteiger partial charge in [0.25, 0.3) is 0 Å². The van der Waals surface area contributed by atoms with Crippen LogP contribution in [0.25, 0.3) is 0 Å². The first-order chi connectivity index (χ1) is 4.20. The summed E-state index contributed by atoms with van der Waals surface area (Å²) in [5.41, 5.74) is 0. The fourth-order valence-corrected chi connectivity index (χ4v) is 0.721. The van der Waals surface area contributed by atoms with Gasteiger partial charge in [0, 0.05) is 0 Å². The van der Waals surface area contributed by atoms with E-state index < -0.39 is 5.97 Å². The lowest BCUT2D eigenvalue weighted by molar-refractivity contribution is -0.257. The molecule has 0 bridgehead atoms. The van der Waals surface area contributed by atoms with Gasteiger partial charge >= 0.3 is 0 Å². The zero-order valence-corrected chi connectivity index (χ0v) is 5.84. The van der Waals surface area contributed by atoms with Gasteiger partial charge in [-0.25, -0.2) is 0 Å². The molecule has 0 spiro atoms. The van der Waals surface area contributed by atoms with Crippen LogP contribution in [0, 0.1) is 0 Å². The Labute approximate surface area is 59.4 Å². The van der Waals surface area contributed by atoms with Crippen LogP contribution in [0.15, 0.2) is 21.2 Å². The monoisotopic (exact) mass is 189 g/mol. The number of carboxylic acids is 1. The Morgan fingerprint density at radius 3 is 2.67 bits per heavy atom. The number of carbonyl (C=O) groups is 1. The summed E-state index contributed by atoms with van der Waals surface area (Å²) in [4.78, 5) is 9.99. The lowest BCUT2D eigenvalue weighted by atomic mass is 10.5. The molecular weight excluding hydrogens is 188 g/mol. The van der Waals surface area contributed by atoms with E-state index in [0.29, 0.717) is 4.47 Å². The third kappa shape index (κ3) is 1.32. The molecule has 0 aromatic carbocycles. The second-order valence-electron chi connectivity index (χ2n) is 1.42. The van der Waals surface area contributed by atoms with Crippen LogP contribution in [0.3, 0.4) is 0 Å². The minimum atomic E-state index is -1.30. The SMILES string of the molecule is O=C([O-])c1cc(Br)co1. The van der Waals surface area contributed by atoms with E-state index in [1.807, 2.05) is 0 Å². The number of furan rings is 1. The number of hydrogen-bond donors (Lipinski definition) is 0. The van der Waals surface area contributed by atoms with Gasteiger partial charge in [0.2, 0.25) is 0 Å². The van der Waals surface area contributed by atoms with Gasteiger partial charge in [0.15, 0.2) is 0 Å². The van der Waals surface area contributed by atoms with Gasteiger partial charge in [0.05, 0.1) is 4.47 Å². The normalized spacial score (nSPS) is 9.44. The molecule has 0 fully saturated rings. The molecule has 0 aliphatic rings. The highest BCUT2D eigenvalue weighted by Gasteiger charge is 1.97. The molecule has 48 valence electrons. The molecule has 0 saturated heterocycles. The van der Waals surface area contributed by atoms with Gasteiger partial charge in [-0.3, -0.25) is 0 Å². The van der Waals surface area contributed by atoms with Gasteiger partial charge < -0.3 is 14.3 Å². The van der Waals surface area contributed by atoms with Crippen LogP contribution in [-0.4, -0.2) is 5.97 Å². The Bertz CT molecular complexity index is 228. The van der Waals surface area contributed by atoms with Crippen molar-refractivity contribution in [2.75, 3.05) is 0 Å². The van der Waals surface area contributed by atoms with Crippen molar-refractivity contribution >= 4 is 21.9 Å². The van der Waals surface area contributed by atoms with Crippen LogP contribution in [0.2, 0.25) is 0 Å². The fraction of sp³-hybridized carbons (Fsp3) is 0. The van der Waals surface area contributed by atoms with E-state index in [-0.39, 0.29) is 5.76 Å². The summed E-state index contributed by atoms with van der Waals surface area (Å²) < 4.78 is 5.12. The van der Waals surface area contributed by atoms with Crippen molar-refractivity contribution in [3.05, 3.63) is 22.6 Å². The average Bonchev–Trinajstić information content (AvgIpc) is 2.14. The van der Waals surface area contributed by atoms with Gasteiger partial charge in [-0.05, 0) is 22.0 Å². The average molecular weight is 190 g/mol. The summed E-state index contributed by atoms with van der Waals surface area (Å²) in [7, 11) is 0. The lowest BCUT2D eigenvalue weighted by Gasteiger charge is -1.91. The first-order valence-corrected chi connectivity index (χ1v) is 2.95. The van der Waals surface area contributed by atoms with Crippen LogP contribution >= 0.6 is 15.9 Å². The number of carbonyl (C=O) groups excluding carboxylic acids is 1. The van der Waals surface area contributed by atoms with E-state index >= 15 is 0 Å². The Morgan fingerprint density at radius 1 is 1.78 bits per heavy atom. The molecule has 0 aliphatic heterocycles. The minimum absolute atomic E-state index is 0.165. The molecule has 0 atom stereocenters.